The van der Waals surface area contributed by atoms with Gasteiger partial charge in [0.15, 0.2) is 0 Å². The van der Waals surface area contributed by atoms with Crippen LogP contribution >= 0.6 is 0 Å². The molecule has 1 aliphatic rings. The average molecular weight is 503 g/mol. The van der Waals surface area contributed by atoms with Crippen molar-refractivity contribution in [1.29, 1.82) is 5.41 Å². The van der Waals surface area contributed by atoms with Gasteiger partial charge >= 0.3 is 0 Å². The molecule has 0 bridgehead atoms. The van der Waals surface area contributed by atoms with E-state index >= 15 is 0 Å². The summed E-state index contributed by atoms with van der Waals surface area (Å²) in [5.41, 5.74) is 1.37. The molecule has 2 aromatic carbocycles. The van der Waals surface area contributed by atoms with Crippen molar-refractivity contribution in [3.8, 4) is 5.75 Å². The number of benzene rings is 2. The van der Waals surface area contributed by atoms with E-state index in [4.69, 9.17) is 10.1 Å². The van der Waals surface area contributed by atoms with Crippen molar-refractivity contribution in [2.45, 2.75) is 17.9 Å². The lowest BCUT2D eigenvalue weighted by Gasteiger charge is -2.39. The zero-order valence-electron chi connectivity index (χ0n) is 19.1. The molecule has 3 rings (SSSR count). The maximum atomic E-state index is 13.3. The number of aliphatic hydroxyl groups is 1. The molecule has 186 valence electrons. The lowest BCUT2D eigenvalue weighted by molar-refractivity contribution is -0.138. The smallest absolute Gasteiger partial charge is 0.263 e. The zero-order valence-corrected chi connectivity index (χ0v) is 19.9. The van der Waals surface area contributed by atoms with Crippen LogP contribution in [0.2, 0.25) is 0 Å². The lowest BCUT2D eigenvalue weighted by Crippen LogP contribution is -2.61. The van der Waals surface area contributed by atoms with E-state index in [1.165, 1.54) is 48.7 Å². The molecule has 1 unspecified atom stereocenters. The number of nitrogens with zero attached hydrogens (tertiary/aromatic N) is 2. The molecule has 35 heavy (non-hydrogen) atoms. The van der Waals surface area contributed by atoms with Gasteiger partial charge < -0.3 is 14.7 Å². The van der Waals surface area contributed by atoms with Gasteiger partial charge in [-0.05, 0) is 31.2 Å². The summed E-state index contributed by atoms with van der Waals surface area (Å²) in [6.07, 6.45) is 0. The van der Waals surface area contributed by atoms with Crippen LogP contribution in [0.15, 0.2) is 70.8 Å². The summed E-state index contributed by atoms with van der Waals surface area (Å²) in [6.45, 7) is 0.503. The van der Waals surface area contributed by atoms with Gasteiger partial charge in [0.25, 0.3) is 11.8 Å². The summed E-state index contributed by atoms with van der Waals surface area (Å²) in [5, 5.41) is 27.9. The first-order valence-corrected chi connectivity index (χ1v) is 12.0. The minimum absolute atomic E-state index is 0.0912. The van der Waals surface area contributed by atoms with E-state index in [0.717, 1.165) is 4.31 Å². The number of rotatable bonds is 7. The molecule has 1 heterocycles. The highest BCUT2D eigenvalue weighted by Crippen LogP contribution is 2.25. The SMILES string of the molecule is COc1ccc(S(=O)(=O)N2CCN(C(=O)/C(C(=N)c3ccccc3)=C(\C)O)CC2C(=O)NO)cc1. The molecule has 4 N–H and O–H groups in total. The molecule has 1 aliphatic heterocycles. The fraction of sp³-hybridized carbons (Fsp3) is 0.261. The van der Waals surface area contributed by atoms with E-state index in [-0.39, 0.29) is 35.0 Å². The molecule has 2 amide bonds. The van der Waals surface area contributed by atoms with E-state index in [9.17, 15) is 28.3 Å². The van der Waals surface area contributed by atoms with Gasteiger partial charge in [0, 0.05) is 25.2 Å². The largest absolute Gasteiger partial charge is 0.512 e. The summed E-state index contributed by atoms with van der Waals surface area (Å²) in [5.74, 6) is -1.70. The minimum atomic E-state index is -4.17. The molecular formula is C23H26N4O7S. The normalized spacial score (nSPS) is 17.3. The summed E-state index contributed by atoms with van der Waals surface area (Å²) in [7, 11) is -2.73. The number of carbonyl (C=O) groups excluding carboxylic acids is 2. The van der Waals surface area contributed by atoms with Crippen molar-refractivity contribution in [1.82, 2.24) is 14.7 Å². The van der Waals surface area contributed by atoms with Crippen molar-refractivity contribution in [2.75, 3.05) is 26.7 Å². The second-order valence-corrected chi connectivity index (χ2v) is 9.63. The maximum absolute atomic E-state index is 13.3. The predicted molar refractivity (Wildman–Crippen MR) is 126 cm³/mol. The van der Waals surface area contributed by atoms with Gasteiger partial charge in [-0.1, -0.05) is 30.3 Å². The van der Waals surface area contributed by atoms with Gasteiger partial charge in [0.05, 0.1) is 17.7 Å². The Labute approximate surface area is 202 Å². The van der Waals surface area contributed by atoms with Crippen LogP contribution in [-0.2, 0) is 19.6 Å². The zero-order chi connectivity index (χ0) is 25.8. The standard InChI is InChI=1S/C23H26N4O7S/c1-15(28)20(21(24)16-6-4-3-5-7-16)23(30)26-12-13-27(19(14-26)22(29)25-31)35(32,33)18-10-8-17(34-2)9-11-18/h3-11,19,24,28,31H,12-14H2,1-2H3,(H,25,29)/b20-15+,24-21?. The van der Waals surface area contributed by atoms with Gasteiger partial charge in [0.1, 0.15) is 23.1 Å². The molecule has 11 nitrogen and oxygen atoms in total. The molecular weight excluding hydrogens is 476 g/mol. The molecule has 0 aliphatic carbocycles. The van der Waals surface area contributed by atoms with Gasteiger partial charge in [-0.25, -0.2) is 13.9 Å². The first-order valence-electron chi connectivity index (χ1n) is 10.5. The Morgan fingerprint density at radius 3 is 2.26 bits per heavy atom. The van der Waals surface area contributed by atoms with Crippen molar-refractivity contribution in [3.63, 3.8) is 0 Å². The fourth-order valence-corrected chi connectivity index (χ4v) is 5.33. The highest BCUT2D eigenvalue weighted by Gasteiger charge is 2.42. The van der Waals surface area contributed by atoms with Gasteiger partial charge in [-0.3, -0.25) is 20.2 Å². The van der Waals surface area contributed by atoms with Crippen molar-refractivity contribution in [3.05, 3.63) is 71.5 Å². The summed E-state index contributed by atoms with van der Waals surface area (Å²) >= 11 is 0. The number of piperazine rings is 1. The Bertz CT molecular complexity index is 1240. The van der Waals surface area contributed by atoms with Crippen molar-refractivity contribution in [2.24, 2.45) is 0 Å². The molecule has 0 radical (unpaired) electrons. The molecule has 2 aromatic rings. The van der Waals surface area contributed by atoms with Gasteiger partial charge in [-0.15, -0.1) is 0 Å². The number of methoxy groups -OCH3 is 1. The summed E-state index contributed by atoms with van der Waals surface area (Å²) in [6, 6.07) is 12.5. The molecule has 12 heteroatoms. The molecule has 1 fully saturated rings. The number of allylic oxidation sites excluding steroid dienone is 1. The van der Waals surface area contributed by atoms with E-state index in [0.29, 0.717) is 11.3 Å². The quantitative estimate of drug-likeness (QED) is 0.146. The van der Waals surface area contributed by atoms with Crippen LogP contribution in [0.25, 0.3) is 0 Å². The van der Waals surface area contributed by atoms with Gasteiger partial charge in [0.2, 0.25) is 10.0 Å². The van der Waals surface area contributed by atoms with Gasteiger partial charge in [-0.2, -0.15) is 4.31 Å². The monoisotopic (exact) mass is 502 g/mol. The van der Waals surface area contributed by atoms with Crippen LogP contribution in [0.3, 0.4) is 0 Å². The predicted octanol–water partition coefficient (Wildman–Crippen LogP) is 1.30. The summed E-state index contributed by atoms with van der Waals surface area (Å²) in [4.78, 5) is 26.8. The molecule has 0 aromatic heterocycles. The second-order valence-electron chi connectivity index (χ2n) is 7.74. The van der Waals surface area contributed by atoms with E-state index in [1.807, 2.05) is 0 Å². The molecule has 1 atom stereocenters. The Hall–Kier alpha value is -3.74. The van der Waals surface area contributed by atoms with E-state index < -0.39 is 34.4 Å². The van der Waals surface area contributed by atoms with Crippen molar-refractivity contribution < 1.29 is 33.1 Å². The third-order valence-electron chi connectivity index (χ3n) is 5.59. The van der Waals surface area contributed by atoms with Crippen LogP contribution in [-0.4, -0.2) is 78.2 Å². The van der Waals surface area contributed by atoms with E-state index in [1.54, 1.807) is 30.3 Å². The average Bonchev–Trinajstić information content (AvgIpc) is 2.88. The number of sulfonamides is 1. The molecule has 0 saturated carbocycles. The number of ether oxygens (including phenoxy) is 1. The highest BCUT2D eigenvalue weighted by atomic mass is 32.2. The first kappa shape index (κ1) is 25.9. The maximum Gasteiger partial charge on any atom is 0.263 e. The number of hydrogen-bond donors (Lipinski definition) is 4. The van der Waals surface area contributed by atoms with Crippen LogP contribution in [0.4, 0.5) is 0 Å². The van der Waals surface area contributed by atoms with Crippen LogP contribution in [0.1, 0.15) is 12.5 Å². The number of carbonyl (C=O) groups is 2. The minimum Gasteiger partial charge on any atom is -0.512 e. The van der Waals surface area contributed by atoms with Crippen LogP contribution in [0, 0.1) is 5.41 Å². The number of hydroxylamine groups is 1. The Morgan fingerprint density at radius 2 is 1.71 bits per heavy atom. The Balaban J connectivity index is 1.90. The van der Waals surface area contributed by atoms with Crippen LogP contribution < -0.4 is 10.2 Å². The number of nitrogens with one attached hydrogen (secondary N) is 2. The molecule has 0 spiro atoms. The van der Waals surface area contributed by atoms with Crippen molar-refractivity contribution >= 4 is 27.5 Å². The topological polar surface area (TPSA) is 160 Å². The third kappa shape index (κ3) is 5.34. The Morgan fingerprint density at radius 1 is 1.09 bits per heavy atom. The first-order chi connectivity index (χ1) is 16.6. The lowest BCUT2D eigenvalue weighted by atomic mass is 9.99. The highest BCUT2D eigenvalue weighted by molar-refractivity contribution is 7.89. The number of amides is 2. The van der Waals surface area contributed by atoms with Crippen LogP contribution in [0.5, 0.6) is 5.75 Å². The third-order valence-corrected chi connectivity index (χ3v) is 7.51. The summed E-state index contributed by atoms with van der Waals surface area (Å²) < 4.78 is 32.5. The number of aliphatic hydroxyl groups excluding tert-OH is 1. The number of hydrogen-bond acceptors (Lipinski definition) is 8. The van der Waals surface area contributed by atoms with E-state index in [2.05, 4.69) is 0 Å². The molecule has 1 saturated heterocycles. The second kappa shape index (κ2) is 10.7. The fourth-order valence-electron chi connectivity index (χ4n) is 3.76. The Kier molecular flexibility index (Phi) is 7.89.